The van der Waals surface area contributed by atoms with Gasteiger partial charge in [-0.1, -0.05) is 78.9 Å². The Kier molecular flexibility index (Phi) is 8.93. The van der Waals surface area contributed by atoms with E-state index in [1.54, 1.807) is 0 Å². The minimum absolute atomic E-state index is 0.564. The highest BCUT2D eigenvalue weighted by molar-refractivity contribution is 8.04. The van der Waals surface area contributed by atoms with Crippen LogP contribution in [0.2, 0.25) is 0 Å². The van der Waals surface area contributed by atoms with Crippen LogP contribution in [0, 0.1) is 0 Å². The van der Waals surface area contributed by atoms with Gasteiger partial charge in [0, 0.05) is 16.7 Å². The second kappa shape index (κ2) is 12.4. The molecular weight excluding hydrogens is 640 g/mol. The van der Waals surface area contributed by atoms with E-state index in [0.29, 0.717) is 11.1 Å². The Labute approximate surface area is 258 Å². The van der Waals surface area contributed by atoms with Crippen LogP contribution in [0.1, 0.15) is 27.8 Å². The third-order valence-corrected chi connectivity index (χ3v) is 11.8. The third kappa shape index (κ3) is 6.61. The molecule has 46 heavy (non-hydrogen) atoms. The van der Waals surface area contributed by atoms with Crippen molar-refractivity contribution in [3.8, 4) is 0 Å². The number of hydrogen-bond acceptors (Lipinski definition) is 0. The lowest BCUT2D eigenvalue weighted by atomic mass is 9.94. The fourth-order valence-corrected chi connectivity index (χ4v) is 10.5. The van der Waals surface area contributed by atoms with Gasteiger partial charge in [0.25, 0.3) is 0 Å². The topological polar surface area (TPSA) is 0 Å². The molecule has 1 aliphatic rings. The number of rotatable bonds is 4. The van der Waals surface area contributed by atoms with Crippen molar-refractivity contribution in [1.29, 1.82) is 0 Å². The molecule has 12 heteroatoms. The van der Waals surface area contributed by atoms with Gasteiger partial charge < -0.3 is 17.3 Å². The summed E-state index contributed by atoms with van der Waals surface area (Å²) in [4.78, 5) is 0. The van der Waals surface area contributed by atoms with Gasteiger partial charge in [-0.2, -0.15) is 26.3 Å². The van der Waals surface area contributed by atoms with Crippen molar-refractivity contribution in [2.24, 2.45) is 0 Å². The summed E-state index contributed by atoms with van der Waals surface area (Å²) >= 11 is 0. The lowest BCUT2D eigenvalue weighted by Gasteiger charge is -2.27. The highest BCUT2D eigenvalue weighted by Crippen LogP contribution is 2.73. The summed E-state index contributed by atoms with van der Waals surface area (Å²) in [5.41, 5.74) is 1.19. The standard InChI is InChI=1S/C34H22F6P.BF4/c35-33(36,37)25-19-15-23(16-20-25)31-29-13-7-8-14-30(29)41(27-9-3-1-4-10-27,28-11-5-2-6-12-28)32(31)24-17-21-26(22-18-24)34(38,39)40;2-1(3,4)5/h1-22H;/q+1;-1. The van der Waals surface area contributed by atoms with Crippen LogP contribution in [0.15, 0.2) is 133 Å². The number of fused-ring (bicyclic) bond motifs is 1. The smallest absolute Gasteiger partial charge is 0.418 e. The molecule has 1 heterocycles. The first-order chi connectivity index (χ1) is 21.6. The van der Waals surface area contributed by atoms with Crippen molar-refractivity contribution in [2.75, 3.05) is 0 Å². The molecule has 5 aromatic rings. The van der Waals surface area contributed by atoms with Crippen molar-refractivity contribution in [3.05, 3.63) is 161 Å². The summed E-state index contributed by atoms with van der Waals surface area (Å²) in [5, 5.41) is 3.80. The minimum Gasteiger partial charge on any atom is -0.418 e. The van der Waals surface area contributed by atoms with E-state index in [0.717, 1.165) is 56.6 Å². The van der Waals surface area contributed by atoms with E-state index < -0.39 is 38.0 Å². The first-order valence-corrected chi connectivity index (χ1v) is 15.5. The molecule has 236 valence electrons. The molecule has 0 amide bonds. The zero-order valence-electron chi connectivity index (χ0n) is 23.5. The van der Waals surface area contributed by atoms with Crippen LogP contribution in [0.5, 0.6) is 0 Å². The van der Waals surface area contributed by atoms with Gasteiger partial charge in [-0.3, -0.25) is 0 Å². The Bertz CT molecular complexity index is 1780. The fourth-order valence-electron chi connectivity index (χ4n) is 5.66. The van der Waals surface area contributed by atoms with Gasteiger partial charge >= 0.3 is 19.6 Å². The highest BCUT2D eigenvalue weighted by Gasteiger charge is 2.57. The van der Waals surface area contributed by atoms with Crippen LogP contribution in [-0.2, 0) is 12.4 Å². The molecule has 0 bridgehead atoms. The quantitative estimate of drug-likeness (QED) is 0.102. The Morgan fingerprint density at radius 3 is 1.22 bits per heavy atom. The van der Waals surface area contributed by atoms with Gasteiger partial charge in [0.15, 0.2) is 0 Å². The molecule has 0 aromatic heterocycles. The van der Waals surface area contributed by atoms with Crippen LogP contribution in [0.4, 0.5) is 43.6 Å². The molecule has 0 nitrogen and oxygen atoms in total. The second-order valence-corrected chi connectivity index (χ2v) is 13.5. The van der Waals surface area contributed by atoms with Crippen molar-refractivity contribution in [1.82, 2.24) is 0 Å². The Morgan fingerprint density at radius 2 is 0.804 bits per heavy atom. The molecule has 0 atom stereocenters. The van der Waals surface area contributed by atoms with E-state index in [-0.39, 0.29) is 0 Å². The molecule has 1 aliphatic heterocycles. The molecule has 0 aliphatic carbocycles. The lowest BCUT2D eigenvalue weighted by molar-refractivity contribution is -0.138. The van der Waals surface area contributed by atoms with Gasteiger partial charge in [0.05, 0.1) is 11.1 Å². The van der Waals surface area contributed by atoms with Gasteiger partial charge in [0.2, 0.25) is 0 Å². The Hall–Kier alpha value is -4.37. The number of alkyl halides is 6. The van der Waals surface area contributed by atoms with E-state index in [1.807, 2.05) is 84.9 Å². The molecule has 5 aromatic carbocycles. The van der Waals surface area contributed by atoms with Crippen LogP contribution in [0.3, 0.4) is 0 Å². The first-order valence-electron chi connectivity index (χ1n) is 13.7. The van der Waals surface area contributed by atoms with Crippen molar-refractivity contribution in [3.63, 3.8) is 0 Å². The third-order valence-electron chi connectivity index (χ3n) is 7.38. The maximum atomic E-state index is 13.6. The van der Waals surface area contributed by atoms with E-state index >= 15 is 0 Å². The molecular formula is C34H22BF10P. The number of hydrogen-bond donors (Lipinski definition) is 0. The van der Waals surface area contributed by atoms with Gasteiger partial charge in [0.1, 0.15) is 28.5 Å². The molecule has 0 spiro atoms. The van der Waals surface area contributed by atoms with Crippen molar-refractivity contribution < 1.29 is 43.6 Å². The van der Waals surface area contributed by atoms with Gasteiger partial charge in [-0.15, -0.1) is 0 Å². The summed E-state index contributed by atoms with van der Waals surface area (Å²) in [6.45, 7) is 0. The molecule has 0 unspecified atom stereocenters. The molecule has 6 rings (SSSR count). The predicted octanol–water partition coefficient (Wildman–Crippen LogP) is 10.2. The van der Waals surface area contributed by atoms with Crippen LogP contribution in [0.25, 0.3) is 10.9 Å². The Balaban J connectivity index is 0.000000775. The van der Waals surface area contributed by atoms with Crippen molar-refractivity contribution >= 4 is 41.3 Å². The molecule has 0 N–H and O–H groups in total. The monoisotopic (exact) mass is 662 g/mol. The van der Waals surface area contributed by atoms with E-state index in [4.69, 9.17) is 0 Å². The van der Waals surface area contributed by atoms with Crippen LogP contribution >= 0.6 is 7.26 Å². The molecule has 0 saturated heterocycles. The summed E-state index contributed by atoms with van der Waals surface area (Å²) in [5.74, 6) is 0. The highest BCUT2D eigenvalue weighted by atomic mass is 31.2. The summed E-state index contributed by atoms with van der Waals surface area (Å²) in [7, 11) is -8.72. The summed E-state index contributed by atoms with van der Waals surface area (Å²) in [6.07, 6.45) is -9.01. The normalized spacial score (nSPS) is 14.4. The van der Waals surface area contributed by atoms with E-state index in [1.165, 1.54) is 24.3 Å². The van der Waals surface area contributed by atoms with E-state index in [2.05, 4.69) is 0 Å². The fraction of sp³-hybridized carbons (Fsp3) is 0.0588. The molecule has 0 saturated carbocycles. The van der Waals surface area contributed by atoms with Gasteiger partial charge in [-0.25, -0.2) is 0 Å². The molecule has 0 radical (unpaired) electrons. The van der Waals surface area contributed by atoms with Crippen LogP contribution in [-0.4, -0.2) is 7.25 Å². The lowest BCUT2D eigenvalue weighted by Crippen LogP contribution is -2.30. The summed E-state index contributed by atoms with van der Waals surface area (Å²) in [6, 6.07) is 37.6. The predicted molar refractivity (Wildman–Crippen MR) is 164 cm³/mol. The maximum Gasteiger partial charge on any atom is 0.673 e. The number of halogens is 10. The van der Waals surface area contributed by atoms with E-state index in [9.17, 15) is 43.6 Å². The second-order valence-electron chi connectivity index (χ2n) is 10.2. The first kappa shape index (κ1) is 33.0. The Morgan fingerprint density at radius 1 is 0.435 bits per heavy atom. The largest absolute Gasteiger partial charge is 0.673 e. The number of benzene rings is 5. The molecule has 0 fully saturated rings. The summed E-state index contributed by atoms with van der Waals surface area (Å²) < 4.78 is 120. The zero-order chi connectivity index (χ0) is 33.3. The zero-order valence-corrected chi connectivity index (χ0v) is 24.4. The average molecular weight is 662 g/mol. The maximum absolute atomic E-state index is 13.6. The minimum atomic E-state index is -6.00. The van der Waals surface area contributed by atoms with Gasteiger partial charge in [-0.05, 0) is 60.2 Å². The van der Waals surface area contributed by atoms with Crippen LogP contribution < -0.4 is 15.9 Å². The van der Waals surface area contributed by atoms with Crippen molar-refractivity contribution in [2.45, 2.75) is 12.4 Å². The average Bonchev–Trinajstić information content (AvgIpc) is 3.32. The SMILES string of the molecule is FC(F)(F)c1ccc(C2=C(c3ccc(C(F)(F)F)cc3)[P+](c3ccccc3)(c3ccccc3)c3ccccc32)cc1.F[B-](F)(F)F.